The van der Waals surface area contributed by atoms with Crippen molar-refractivity contribution in [3.05, 3.63) is 0 Å². The fourth-order valence-electron chi connectivity index (χ4n) is 0.729. The van der Waals surface area contributed by atoms with Crippen LogP contribution in [0.3, 0.4) is 0 Å². The summed E-state index contributed by atoms with van der Waals surface area (Å²) in [6.45, 7) is -0.0921. The van der Waals surface area contributed by atoms with E-state index in [9.17, 15) is 4.79 Å². The molecule has 0 saturated heterocycles. The predicted octanol–water partition coefficient (Wildman–Crippen LogP) is -1.80. The van der Waals surface area contributed by atoms with Crippen LogP contribution < -0.4 is 0 Å². The van der Waals surface area contributed by atoms with Gasteiger partial charge in [-0.15, -0.1) is 0 Å². The molecule has 0 saturated carbocycles. The van der Waals surface area contributed by atoms with Crippen molar-refractivity contribution in [2.75, 3.05) is 13.2 Å². The SMILES string of the molecule is N#CCCOC[C@@H](O)[C@@H](O)[C@H](O)C=O. The Morgan fingerprint density at radius 1 is 1.43 bits per heavy atom. The molecule has 0 radical (unpaired) electrons. The highest BCUT2D eigenvalue weighted by atomic mass is 16.5. The normalized spacial score (nSPS) is 16.7. The number of carbonyl (C=O) groups is 1. The molecule has 3 N–H and O–H groups in total. The van der Waals surface area contributed by atoms with Gasteiger partial charge in [-0.2, -0.15) is 5.26 Å². The highest BCUT2D eigenvalue weighted by Gasteiger charge is 2.23. The van der Waals surface area contributed by atoms with E-state index in [1.807, 2.05) is 6.07 Å². The van der Waals surface area contributed by atoms with Crippen LogP contribution in [-0.2, 0) is 9.53 Å². The van der Waals surface area contributed by atoms with Crippen molar-refractivity contribution in [1.82, 2.24) is 0 Å². The van der Waals surface area contributed by atoms with Gasteiger partial charge in [-0.1, -0.05) is 0 Å². The van der Waals surface area contributed by atoms with Crippen molar-refractivity contribution in [2.45, 2.75) is 24.7 Å². The summed E-state index contributed by atoms with van der Waals surface area (Å²) >= 11 is 0. The van der Waals surface area contributed by atoms with Gasteiger partial charge in [-0.25, -0.2) is 0 Å². The first-order chi connectivity index (χ1) is 6.63. The molecule has 0 aliphatic heterocycles. The van der Waals surface area contributed by atoms with E-state index in [0.29, 0.717) is 0 Å². The third-order valence-corrected chi connectivity index (χ3v) is 1.53. The number of ether oxygens (including phenoxy) is 1. The topological polar surface area (TPSA) is 111 Å². The number of aliphatic hydroxyl groups is 3. The van der Waals surface area contributed by atoms with Gasteiger partial charge < -0.3 is 24.9 Å². The first-order valence-corrected chi connectivity index (χ1v) is 4.07. The molecule has 0 rings (SSSR count). The van der Waals surface area contributed by atoms with Crippen LogP contribution in [0.1, 0.15) is 6.42 Å². The number of hydrogen-bond acceptors (Lipinski definition) is 6. The summed E-state index contributed by atoms with van der Waals surface area (Å²) in [6.07, 6.45) is -4.21. The first kappa shape index (κ1) is 13.0. The summed E-state index contributed by atoms with van der Waals surface area (Å²) in [5.74, 6) is 0. The first-order valence-electron chi connectivity index (χ1n) is 4.07. The van der Waals surface area contributed by atoms with Crippen molar-refractivity contribution in [1.29, 1.82) is 5.26 Å². The minimum atomic E-state index is -1.62. The lowest BCUT2D eigenvalue weighted by molar-refractivity contribution is -0.129. The number of carbonyl (C=O) groups excluding carboxylic acids is 1. The molecule has 0 fully saturated rings. The fourth-order valence-corrected chi connectivity index (χ4v) is 0.729. The van der Waals surface area contributed by atoms with Crippen molar-refractivity contribution in [3.63, 3.8) is 0 Å². The van der Waals surface area contributed by atoms with Crippen molar-refractivity contribution < 1.29 is 24.9 Å². The maximum absolute atomic E-state index is 10.0. The lowest BCUT2D eigenvalue weighted by Crippen LogP contribution is -2.40. The third kappa shape index (κ3) is 4.89. The Bertz CT molecular complexity index is 202. The van der Waals surface area contributed by atoms with Crippen LogP contribution in [0.15, 0.2) is 0 Å². The molecule has 0 aromatic carbocycles. The highest BCUT2D eigenvalue weighted by molar-refractivity contribution is 5.56. The predicted molar refractivity (Wildman–Crippen MR) is 45.1 cm³/mol. The van der Waals surface area contributed by atoms with Gasteiger partial charge >= 0.3 is 0 Å². The van der Waals surface area contributed by atoms with Gasteiger partial charge in [-0.3, -0.25) is 0 Å². The van der Waals surface area contributed by atoms with Crippen LogP contribution in [0.25, 0.3) is 0 Å². The van der Waals surface area contributed by atoms with Crippen molar-refractivity contribution in [2.24, 2.45) is 0 Å². The number of aldehydes is 1. The number of nitrogens with zero attached hydrogens (tertiary/aromatic N) is 1. The molecular formula is C8H13NO5. The van der Waals surface area contributed by atoms with Gasteiger partial charge in [0.05, 0.1) is 25.7 Å². The molecule has 3 atom stereocenters. The summed E-state index contributed by atoms with van der Waals surface area (Å²) in [5, 5.41) is 35.2. The van der Waals surface area contributed by atoms with Gasteiger partial charge in [-0.05, 0) is 0 Å². The van der Waals surface area contributed by atoms with Crippen LogP contribution in [-0.4, -0.2) is 53.1 Å². The van der Waals surface area contributed by atoms with E-state index in [2.05, 4.69) is 0 Å². The van der Waals surface area contributed by atoms with Crippen molar-refractivity contribution >= 4 is 6.29 Å². The van der Waals surface area contributed by atoms with E-state index in [-0.39, 0.29) is 25.9 Å². The zero-order valence-electron chi connectivity index (χ0n) is 7.54. The summed E-state index contributed by atoms with van der Waals surface area (Å²) < 4.78 is 4.79. The smallest absolute Gasteiger partial charge is 0.151 e. The fraction of sp³-hybridized carbons (Fsp3) is 0.750. The minimum absolute atomic E-state index is 0.128. The Labute approximate surface area is 81.3 Å². The number of rotatable bonds is 7. The van der Waals surface area contributed by atoms with Gasteiger partial charge in [0.15, 0.2) is 6.29 Å². The zero-order chi connectivity index (χ0) is 11.0. The Kier molecular flexibility index (Phi) is 6.88. The molecule has 80 valence electrons. The highest BCUT2D eigenvalue weighted by Crippen LogP contribution is 1.99. The van der Waals surface area contributed by atoms with Gasteiger partial charge in [0, 0.05) is 0 Å². The van der Waals surface area contributed by atoms with Gasteiger partial charge in [0.2, 0.25) is 0 Å². The van der Waals surface area contributed by atoms with Crippen LogP contribution in [0, 0.1) is 11.3 Å². The average molecular weight is 203 g/mol. The van der Waals surface area contributed by atoms with E-state index in [4.69, 9.17) is 25.3 Å². The van der Waals surface area contributed by atoms with E-state index in [1.165, 1.54) is 0 Å². The van der Waals surface area contributed by atoms with E-state index < -0.39 is 18.3 Å². The molecule has 0 heterocycles. The molecule has 0 amide bonds. The molecule has 0 unspecified atom stereocenters. The molecule has 0 aromatic rings. The molecule has 0 bridgehead atoms. The second-order valence-corrected chi connectivity index (χ2v) is 2.67. The molecule has 6 nitrogen and oxygen atoms in total. The Hall–Kier alpha value is -1.00. The van der Waals surface area contributed by atoms with Crippen molar-refractivity contribution in [3.8, 4) is 6.07 Å². The molecule has 0 aromatic heterocycles. The third-order valence-electron chi connectivity index (χ3n) is 1.53. The largest absolute Gasteiger partial charge is 0.388 e. The standard InChI is InChI=1S/C8H13NO5/c9-2-1-3-14-5-7(12)8(13)6(11)4-10/h4,6-8,11-13H,1,3,5H2/t6-,7-,8+/m1/s1. The maximum Gasteiger partial charge on any atom is 0.151 e. The lowest BCUT2D eigenvalue weighted by atomic mass is 10.1. The number of nitriles is 1. The summed E-state index contributed by atoms with van der Waals surface area (Å²) in [7, 11) is 0. The maximum atomic E-state index is 10.0. The molecule has 0 aliphatic rings. The molecular weight excluding hydrogens is 190 g/mol. The summed E-state index contributed by atoms with van der Waals surface area (Å²) in [6, 6.07) is 1.83. The second kappa shape index (κ2) is 7.41. The van der Waals surface area contributed by atoms with E-state index in [1.54, 1.807) is 0 Å². The molecule has 14 heavy (non-hydrogen) atoms. The molecule has 6 heteroatoms. The van der Waals surface area contributed by atoms with Crippen LogP contribution in [0.4, 0.5) is 0 Å². The second-order valence-electron chi connectivity index (χ2n) is 2.67. The molecule has 0 spiro atoms. The Morgan fingerprint density at radius 2 is 2.07 bits per heavy atom. The summed E-state index contributed by atoms with van der Waals surface area (Å²) in [4.78, 5) is 10.0. The van der Waals surface area contributed by atoms with Crippen LogP contribution >= 0.6 is 0 Å². The zero-order valence-corrected chi connectivity index (χ0v) is 7.54. The quantitative estimate of drug-likeness (QED) is 0.332. The average Bonchev–Trinajstić information content (AvgIpc) is 2.21. The van der Waals surface area contributed by atoms with E-state index in [0.717, 1.165) is 0 Å². The van der Waals surface area contributed by atoms with Gasteiger partial charge in [0.25, 0.3) is 0 Å². The van der Waals surface area contributed by atoms with Crippen LogP contribution in [0.5, 0.6) is 0 Å². The van der Waals surface area contributed by atoms with Gasteiger partial charge in [0.1, 0.15) is 18.3 Å². The molecule has 0 aliphatic carbocycles. The van der Waals surface area contributed by atoms with E-state index >= 15 is 0 Å². The monoisotopic (exact) mass is 203 g/mol. The summed E-state index contributed by atoms with van der Waals surface area (Å²) in [5.41, 5.74) is 0. The minimum Gasteiger partial charge on any atom is -0.388 e. The Morgan fingerprint density at radius 3 is 2.57 bits per heavy atom. The number of hydrogen-bond donors (Lipinski definition) is 3. The Balaban J connectivity index is 3.67. The number of aliphatic hydroxyl groups excluding tert-OH is 3. The van der Waals surface area contributed by atoms with Crippen LogP contribution in [0.2, 0.25) is 0 Å². The lowest BCUT2D eigenvalue weighted by Gasteiger charge is -2.18.